The van der Waals surface area contributed by atoms with E-state index in [1.54, 1.807) is 41.8 Å². The fourth-order valence-electron chi connectivity index (χ4n) is 1.41. The maximum atomic E-state index is 11.6. The van der Waals surface area contributed by atoms with Gasteiger partial charge >= 0.3 is 0 Å². The Balaban J connectivity index is 1.74. The third-order valence-corrected chi connectivity index (χ3v) is 3.28. The fourth-order valence-corrected chi connectivity index (χ4v) is 2.03. The van der Waals surface area contributed by atoms with Crippen LogP contribution in [0.2, 0.25) is 0 Å². The second-order valence-corrected chi connectivity index (χ2v) is 4.85. The first-order valence-electron chi connectivity index (χ1n) is 5.94. The van der Waals surface area contributed by atoms with Gasteiger partial charge in [-0.15, -0.1) is 11.3 Å². The molecular weight excluding hydrogens is 290 g/mol. The van der Waals surface area contributed by atoms with Crippen molar-refractivity contribution in [3.63, 3.8) is 0 Å². The van der Waals surface area contributed by atoms with Crippen molar-refractivity contribution < 1.29 is 14.3 Å². The first kappa shape index (κ1) is 14.6. The molecule has 0 spiro atoms. The maximum Gasteiger partial charge on any atom is 0.279 e. The summed E-state index contributed by atoms with van der Waals surface area (Å²) < 4.78 is 5.22. The molecule has 0 fully saturated rings. The molecule has 0 aliphatic heterocycles. The molecule has 0 aliphatic rings. The van der Waals surface area contributed by atoms with Gasteiger partial charge < -0.3 is 4.74 Å². The quantitative estimate of drug-likeness (QED) is 0.836. The number of thiophene rings is 1. The zero-order valence-electron chi connectivity index (χ0n) is 10.8. The van der Waals surface area contributed by atoms with E-state index in [1.165, 1.54) is 11.3 Å². The Bertz CT molecular complexity index is 660. The van der Waals surface area contributed by atoms with Crippen LogP contribution in [-0.4, -0.2) is 18.4 Å². The van der Waals surface area contributed by atoms with Crippen LogP contribution in [0.5, 0.6) is 5.75 Å². The van der Waals surface area contributed by atoms with E-state index in [2.05, 4.69) is 10.9 Å². The molecule has 0 bridgehead atoms. The van der Waals surface area contributed by atoms with Crippen molar-refractivity contribution in [1.29, 1.82) is 5.26 Å². The largest absolute Gasteiger partial charge is 0.484 e. The highest BCUT2D eigenvalue weighted by atomic mass is 32.1. The van der Waals surface area contributed by atoms with Crippen molar-refractivity contribution in [2.24, 2.45) is 0 Å². The molecule has 2 rings (SSSR count). The molecule has 0 saturated heterocycles. The molecule has 0 atom stereocenters. The van der Waals surface area contributed by atoms with E-state index in [0.717, 1.165) is 0 Å². The number of ether oxygens (including phenoxy) is 1. The SMILES string of the molecule is N#Cc1ccc(OCC(=O)NNC(=O)c2cccs2)cc1. The molecule has 21 heavy (non-hydrogen) atoms. The molecule has 1 aromatic heterocycles. The molecule has 0 aliphatic carbocycles. The number of hydrogen-bond donors (Lipinski definition) is 2. The third kappa shape index (κ3) is 4.33. The lowest BCUT2D eigenvalue weighted by Gasteiger charge is -2.08. The molecule has 0 radical (unpaired) electrons. The minimum atomic E-state index is -0.482. The monoisotopic (exact) mass is 301 g/mol. The van der Waals surface area contributed by atoms with Gasteiger partial charge in [-0.2, -0.15) is 5.26 Å². The van der Waals surface area contributed by atoms with E-state index < -0.39 is 5.91 Å². The summed E-state index contributed by atoms with van der Waals surface area (Å²) in [5.74, 6) is -0.394. The standard InChI is InChI=1S/C14H11N3O3S/c15-8-10-3-5-11(6-4-10)20-9-13(18)16-17-14(19)12-2-1-7-21-12/h1-7H,9H2,(H,16,18)(H,17,19). The second-order valence-electron chi connectivity index (χ2n) is 3.90. The van der Waals surface area contributed by atoms with Gasteiger partial charge in [0.05, 0.1) is 16.5 Å². The highest BCUT2D eigenvalue weighted by molar-refractivity contribution is 7.12. The lowest BCUT2D eigenvalue weighted by Crippen LogP contribution is -2.43. The van der Waals surface area contributed by atoms with Crippen LogP contribution in [0.4, 0.5) is 0 Å². The van der Waals surface area contributed by atoms with Crippen molar-refractivity contribution in [1.82, 2.24) is 10.9 Å². The number of nitrogens with zero attached hydrogens (tertiary/aromatic N) is 1. The van der Waals surface area contributed by atoms with E-state index in [4.69, 9.17) is 10.00 Å². The summed E-state index contributed by atoms with van der Waals surface area (Å²) in [7, 11) is 0. The Hall–Kier alpha value is -2.85. The Morgan fingerprint density at radius 3 is 2.57 bits per heavy atom. The van der Waals surface area contributed by atoms with E-state index in [-0.39, 0.29) is 12.5 Å². The topological polar surface area (TPSA) is 91.2 Å². The molecule has 7 heteroatoms. The highest BCUT2D eigenvalue weighted by Gasteiger charge is 2.08. The van der Waals surface area contributed by atoms with Crippen LogP contribution < -0.4 is 15.6 Å². The van der Waals surface area contributed by atoms with Gasteiger partial charge in [-0.3, -0.25) is 20.4 Å². The Labute approximate surface area is 124 Å². The summed E-state index contributed by atoms with van der Waals surface area (Å²) in [6.45, 7) is -0.239. The predicted molar refractivity (Wildman–Crippen MR) is 76.6 cm³/mol. The molecule has 2 amide bonds. The number of nitriles is 1. The van der Waals surface area contributed by atoms with Crippen LogP contribution in [0.15, 0.2) is 41.8 Å². The van der Waals surface area contributed by atoms with Gasteiger partial charge in [0.25, 0.3) is 11.8 Å². The fraction of sp³-hybridized carbons (Fsp3) is 0.0714. The van der Waals surface area contributed by atoms with E-state index in [1.807, 2.05) is 6.07 Å². The molecule has 1 heterocycles. The zero-order chi connectivity index (χ0) is 15.1. The summed E-state index contributed by atoms with van der Waals surface area (Å²) in [6.07, 6.45) is 0. The molecule has 2 aromatic rings. The lowest BCUT2D eigenvalue weighted by atomic mass is 10.2. The summed E-state index contributed by atoms with van der Waals surface area (Å²) in [5.41, 5.74) is 5.05. The molecule has 2 N–H and O–H groups in total. The van der Waals surface area contributed by atoms with Crippen LogP contribution in [0, 0.1) is 11.3 Å². The number of carbonyl (C=O) groups excluding carboxylic acids is 2. The van der Waals surface area contributed by atoms with Crippen molar-refractivity contribution in [2.45, 2.75) is 0 Å². The van der Waals surface area contributed by atoms with Crippen LogP contribution in [0.25, 0.3) is 0 Å². The normalized spacial score (nSPS) is 9.48. The smallest absolute Gasteiger partial charge is 0.279 e. The molecule has 106 valence electrons. The van der Waals surface area contributed by atoms with Gasteiger partial charge in [-0.05, 0) is 35.7 Å². The minimum Gasteiger partial charge on any atom is -0.484 e. The van der Waals surface area contributed by atoms with Gasteiger partial charge in [-0.25, -0.2) is 0 Å². The van der Waals surface area contributed by atoms with Gasteiger partial charge in [0.1, 0.15) is 5.75 Å². The number of hydrazine groups is 1. The number of hydrogen-bond acceptors (Lipinski definition) is 5. The zero-order valence-corrected chi connectivity index (χ0v) is 11.6. The molecule has 0 unspecified atom stereocenters. The first-order chi connectivity index (χ1) is 10.2. The average Bonchev–Trinajstić information content (AvgIpc) is 3.05. The summed E-state index contributed by atoms with van der Waals surface area (Å²) in [5, 5.41) is 10.4. The van der Waals surface area contributed by atoms with Crippen LogP contribution in [0.1, 0.15) is 15.2 Å². The number of carbonyl (C=O) groups is 2. The van der Waals surface area contributed by atoms with Crippen LogP contribution in [-0.2, 0) is 4.79 Å². The van der Waals surface area contributed by atoms with Crippen molar-refractivity contribution >= 4 is 23.2 Å². The molecule has 0 saturated carbocycles. The first-order valence-corrected chi connectivity index (χ1v) is 6.82. The maximum absolute atomic E-state index is 11.6. The summed E-state index contributed by atoms with van der Waals surface area (Å²) in [4.78, 5) is 23.6. The summed E-state index contributed by atoms with van der Waals surface area (Å²) in [6, 6.07) is 11.7. The average molecular weight is 301 g/mol. The molecule has 6 nitrogen and oxygen atoms in total. The van der Waals surface area contributed by atoms with E-state index >= 15 is 0 Å². The lowest BCUT2D eigenvalue weighted by molar-refractivity contribution is -0.123. The highest BCUT2D eigenvalue weighted by Crippen LogP contribution is 2.11. The number of rotatable bonds is 4. The minimum absolute atomic E-state index is 0.239. The number of nitrogens with one attached hydrogen (secondary N) is 2. The molecule has 1 aromatic carbocycles. The second kappa shape index (κ2) is 7.07. The van der Waals surface area contributed by atoms with Gasteiger partial charge in [0, 0.05) is 0 Å². The molecular formula is C14H11N3O3S. The predicted octanol–water partition coefficient (Wildman–Crippen LogP) is 1.46. The van der Waals surface area contributed by atoms with Gasteiger partial charge in [0.15, 0.2) is 6.61 Å². The van der Waals surface area contributed by atoms with Crippen LogP contribution >= 0.6 is 11.3 Å². The van der Waals surface area contributed by atoms with Gasteiger partial charge in [-0.1, -0.05) is 6.07 Å². The third-order valence-electron chi connectivity index (χ3n) is 2.41. The summed E-state index contributed by atoms with van der Waals surface area (Å²) >= 11 is 1.28. The van der Waals surface area contributed by atoms with Crippen molar-refractivity contribution in [2.75, 3.05) is 6.61 Å². The van der Waals surface area contributed by atoms with E-state index in [9.17, 15) is 9.59 Å². The Morgan fingerprint density at radius 1 is 1.19 bits per heavy atom. The van der Waals surface area contributed by atoms with Crippen molar-refractivity contribution in [3.05, 3.63) is 52.2 Å². The van der Waals surface area contributed by atoms with Crippen molar-refractivity contribution in [3.8, 4) is 11.8 Å². The van der Waals surface area contributed by atoms with Crippen LogP contribution in [0.3, 0.4) is 0 Å². The van der Waals surface area contributed by atoms with Gasteiger partial charge in [0.2, 0.25) is 0 Å². The van der Waals surface area contributed by atoms with E-state index in [0.29, 0.717) is 16.2 Å². The Kier molecular flexibility index (Phi) is 4.90. The number of amides is 2. The number of benzene rings is 1. The Morgan fingerprint density at radius 2 is 1.95 bits per heavy atom.